The van der Waals surface area contributed by atoms with E-state index in [0.29, 0.717) is 0 Å². The maximum atomic E-state index is 2.33. The van der Waals surface area contributed by atoms with Crippen LogP contribution in [0.4, 0.5) is 0 Å². The Bertz CT molecular complexity index is 6760. The van der Waals surface area contributed by atoms with Crippen molar-refractivity contribution in [2.75, 3.05) is 0 Å². The molecule has 112 heavy (non-hydrogen) atoms. The van der Waals surface area contributed by atoms with Crippen LogP contribution in [0.2, 0.25) is 0 Å². The first kappa shape index (κ1) is 71.4. The zero-order chi connectivity index (χ0) is 76.3. The highest BCUT2D eigenvalue weighted by Crippen LogP contribution is 2.44. The summed E-state index contributed by atoms with van der Waals surface area (Å²) in [5.41, 5.74) is 31.1. The number of rotatable bonds is 8. The van der Waals surface area contributed by atoms with Gasteiger partial charge in [0.1, 0.15) is 0 Å². The zero-order valence-corrected chi connectivity index (χ0v) is 65.0. The van der Waals surface area contributed by atoms with E-state index in [1.165, 1.54) is 220 Å². The number of fused-ring (bicyclic) bond motifs is 8. The van der Waals surface area contributed by atoms with E-state index in [1.54, 1.807) is 0 Å². The first-order valence-electron chi connectivity index (χ1n) is 39.2. The third-order valence-electron chi connectivity index (χ3n) is 23.0. The van der Waals surface area contributed by atoms with Crippen LogP contribution >= 0.6 is 0 Å². The van der Waals surface area contributed by atoms with Gasteiger partial charge in [0.25, 0.3) is 0 Å². The molecule has 0 atom stereocenters. The summed E-state index contributed by atoms with van der Waals surface area (Å²) in [7, 11) is 0. The van der Waals surface area contributed by atoms with Crippen LogP contribution < -0.4 is 0 Å². The van der Waals surface area contributed by atoms with Crippen LogP contribution in [0.1, 0.15) is 44.5 Å². The molecule has 0 fully saturated rings. The minimum Gasteiger partial charge on any atom is -0.0620 e. The molecule has 20 rings (SSSR count). The topological polar surface area (TPSA) is 0 Å². The summed E-state index contributed by atoms with van der Waals surface area (Å²) in [5, 5.41) is 21.1. The lowest BCUT2D eigenvalue weighted by molar-refractivity contribution is 1.47. The van der Waals surface area contributed by atoms with Crippen LogP contribution in [0, 0.1) is 55.4 Å². The second-order valence-corrected chi connectivity index (χ2v) is 30.1. The molecule has 0 aliphatic carbocycles. The van der Waals surface area contributed by atoms with E-state index in [2.05, 4.69) is 444 Å². The second-order valence-electron chi connectivity index (χ2n) is 30.1. The maximum Gasteiger partial charge on any atom is -0.00987 e. The van der Waals surface area contributed by atoms with Crippen molar-refractivity contribution in [2.45, 2.75) is 55.4 Å². The van der Waals surface area contributed by atoms with E-state index in [9.17, 15) is 0 Å². The highest BCUT2D eigenvalue weighted by atomic mass is 14.2. The van der Waals surface area contributed by atoms with E-state index in [1.807, 2.05) is 0 Å². The third kappa shape index (κ3) is 13.9. The third-order valence-corrected chi connectivity index (χ3v) is 23.0. The highest BCUT2D eigenvalue weighted by molar-refractivity contribution is 6.13. The molecule has 20 aromatic carbocycles. The standard InChI is InChI=1S/4C28H22/c1-19-14-16-25(27-12-5-3-10-23(19)27)21-8-7-9-22(18-21)26-17-15-20(2)24-11-4-6-13-28(24)26;1-19-11-17-25(27-9-5-3-7-23(19)27)21-13-15-22(16-14-21)26-18-12-20(2)24-8-4-6-10-28(24)26;1-19-8-7-9-21(18-19)23-16-17-28(26-13-6-5-12-25(23)26)27-15-14-20(2)22-10-3-4-11-24(22)27;1-19-9-3-4-10-21(19)26-17-18-28(25-14-8-7-13-24(25)26)27-16-15-20(2)22-11-5-6-12-23(22)27/h4*3-18H,1-2H3. The summed E-state index contributed by atoms with van der Waals surface area (Å²) in [6, 6.07) is 141. The van der Waals surface area contributed by atoms with Crippen molar-refractivity contribution in [3.05, 3.63) is 433 Å². The minimum atomic E-state index is 1.26. The van der Waals surface area contributed by atoms with Gasteiger partial charge in [-0.15, -0.1) is 0 Å². The molecule has 0 saturated carbocycles. The molecule has 0 heterocycles. The summed E-state index contributed by atoms with van der Waals surface area (Å²) < 4.78 is 0. The van der Waals surface area contributed by atoms with Gasteiger partial charge >= 0.3 is 0 Å². The van der Waals surface area contributed by atoms with E-state index >= 15 is 0 Å². The molecule has 536 valence electrons. The van der Waals surface area contributed by atoms with Crippen molar-refractivity contribution in [1.82, 2.24) is 0 Å². The Hall–Kier alpha value is -13.5. The van der Waals surface area contributed by atoms with E-state index in [-0.39, 0.29) is 0 Å². The van der Waals surface area contributed by atoms with E-state index < -0.39 is 0 Å². The van der Waals surface area contributed by atoms with E-state index in [0.717, 1.165) is 0 Å². The van der Waals surface area contributed by atoms with Crippen molar-refractivity contribution in [3.63, 3.8) is 0 Å². The summed E-state index contributed by atoms with van der Waals surface area (Å²) in [5.74, 6) is 0. The number of hydrogen-bond donors (Lipinski definition) is 0. The van der Waals surface area contributed by atoms with Gasteiger partial charge in [-0.3, -0.25) is 0 Å². The monoisotopic (exact) mass is 1430 g/mol. The highest BCUT2D eigenvalue weighted by Gasteiger charge is 2.18. The molecular weight excluding hydrogens is 1350 g/mol. The Morgan fingerprint density at radius 3 is 0.598 bits per heavy atom. The molecule has 20 aromatic rings. The molecular formula is C112H88. The molecule has 0 heteroatoms. The van der Waals surface area contributed by atoms with Gasteiger partial charge in [-0.2, -0.15) is 0 Å². The summed E-state index contributed by atoms with van der Waals surface area (Å²) in [4.78, 5) is 0. The fourth-order valence-electron chi connectivity index (χ4n) is 17.1. The quantitative estimate of drug-likeness (QED) is 0.142. The molecule has 0 amide bonds. The average Bonchev–Trinajstić information content (AvgIpc) is 0.741. The summed E-state index contributed by atoms with van der Waals surface area (Å²) in [6.07, 6.45) is 0. The molecule has 0 N–H and O–H groups in total. The van der Waals surface area contributed by atoms with Gasteiger partial charge in [0, 0.05) is 0 Å². The zero-order valence-electron chi connectivity index (χ0n) is 65.0. The fourth-order valence-corrected chi connectivity index (χ4v) is 17.1. The molecule has 0 saturated heterocycles. The molecule has 0 radical (unpaired) electrons. The Balaban J connectivity index is 0.000000108. The number of aryl methyl sites for hydroxylation is 8. The largest absolute Gasteiger partial charge is 0.0620 e. The lowest BCUT2D eigenvalue weighted by Gasteiger charge is -2.15. The Labute approximate surface area is 658 Å². The van der Waals surface area contributed by atoms with Gasteiger partial charge < -0.3 is 0 Å². The number of benzene rings is 20. The first-order chi connectivity index (χ1) is 54.9. The van der Waals surface area contributed by atoms with Crippen LogP contribution in [0.5, 0.6) is 0 Å². The van der Waals surface area contributed by atoms with Gasteiger partial charge in [-0.1, -0.05) is 388 Å². The van der Waals surface area contributed by atoms with Crippen molar-refractivity contribution in [2.24, 2.45) is 0 Å². The molecule has 0 nitrogen and oxygen atoms in total. The first-order valence-corrected chi connectivity index (χ1v) is 39.2. The lowest BCUT2D eigenvalue weighted by Crippen LogP contribution is -1.89. The molecule has 0 aliphatic rings. The van der Waals surface area contributed by atoms with Gasteiger partial charge in [0.05, 0.1) is 0 Å². The molecule has 0 unspecified atom stereocenters. The van der Waals surface area contributed by atoms with Crippen LogP contribution in [0.3, 0.4) is 0 Å². The summed E-state index contributed by atoms with van der Waals surface area (Å²) >= 11 is 0. The molecule has 0 spiro atoms. The Morgan fingerprint density at radius 2 is 0.304 bits per heavy atom. The van der Waals surface area contributed by atoms with Crippen molar-refractivity contribution >= 4 is 86.2 Å². The smallest absolute Gasteiger partial charge is 0.00987 e. The van der Waals surface area contributed by atoms with Crippen LogP contribution in [0.15, 0.2) is 388 Å². The minimum absolute atomic E-state index is 1.26. The average molecular weight is 1430 g/mol. The van der Waals surface area contributed by atoms with E-state index in [4.69, 9.17) is 0 Å². The van der Waals surface area contributed by atoms with Crippen LogP contribution in [-0.4, -0.2) is 0 Å². The maximum absolute atomic E-state index is 2.33. The van der Waals surface area contributed by atoms with Crippen molar-refractivity contribution < 1.29 is 0 Å². The van der Waals surface area contributed by atoms with Crippen molar-refractivity contribution in [3.8, 4) is 89.0 Å². The predicted molar refractivity (Wildman–Crippen MR) is 487 cm³/mol. The Kier molecular flexibility index (Phi) is 19.9. The Morgan fingerprint density at radius 1 is 0.107 bits per heavy atom. The SMILES string of the molecule is Cc1ccc(-c2ccc(-c3ccc(C)c4ccccc34)cc2)c2ccccc12.Cc1ccc(-c2cccc(-c3ccc(C)c4ccccc34)c2)c2ccccc12.Cc1cccc(-c2ccc(-c3ccc(C)c4ccccc34)c3ccccc23)c1.Cc1ccccc1-c1ccc(-c2ccc(C)c3ccccc23)c2ccccc12. The lowest BCUT2D eigenvalue weighted by atomic mass is 9.88. The van der Waals surface area contributed by atoms with Crippen molar-refractivity contribution in [1.29, 1.82) is 0 Å². The molecule has 0 aromatic heterocycles. The fraction of sp³-hybridized carbons (Fsp3) is 0.0714. The summed E-state index contributed by atoms with van der Waals surface area (Å²) in [6.45, 7) is 17.4. The van der Waals surface area contributed by atoms with Gasteiger partial charge in [-0.05, 0) is 276 Å². The molecule has 0 aliphatic heterocycles. The normalized spacial score (nSPS) is 11.2. The van der Waals surface area contributed by atoms with Crippen LogP contribution in [0.25, 0.3) is 175 Å². The second kappa shape index (κ2) is 31.2. The predicted octanol–water partition coefficient (Wildman–Crippen LogP) is 31.8. The van der Waals surface area contributed by atoms with Gasteiger partial charge in [0.15, 0.2) is 0 Å². The molecule has 0 bridgehead atoms. The van der Waals surface area contributed by atoms with Crippen LogP contribution in [-0.2, 0) is 0 Å². The number of hydrogen-bond acceptors (Lipinski definition) is 0. The van der Waals surface area contributed by atoms with Gasteiger partial charge in [-0.25, -0.2) is 0 Å². The van der Waals surface area contributed by atoms with Gasteiger partial charge in [0.2, 0.25) is 0 Å².